The molecule has 0 aliphatic rings. The Morgan fingerprint density at radius 1 is 1.44 bits per heavy atom. The number of hydrogen-bond acceptors (Lipinski definition) is 5. The van der Waals surface area contributed by atoms with Crippen molar-refractivity contribution >= 4 is 22.9 Å². The van der Waals surface area contributed by atoms with Crippen molar-refractivity contribution in [2.45, 2.75) is 0 Å². The predicted octanol–water partition coefficient (Wildman–Crippen LogP) is 0.339. The number of benzene rings is 1. The molecule has 0 aliphatic carbocycles. The third-order valence-corrected chi connectivity index (χ3v) is 2.42. The Morgan fingerprint density at radius 3 is 3.11 bits per heavy atom. The maximum absolute atomic E-state index is 11.9. The van der Waals surface area contributed by atoms with Crippen molar-refractivity contribution in [3.05, 3.63) is 30.1 Å². The Labute approximate surface area is 101 Å². The van der Waals surface area contributed by atoms with Crippen LogP contribution in [0.25, 0.3) is 11.0 Å². The van der Waals surface area contributed by atoms with Gasteiger partial charge in [-0.2, -0.15) is 4.80 Å². The first-order chi connectivity index (χ1) is 8.72. The maximum Gasteiger partial charge on any atom is 0.270 e. The quantitative estimate of drug-likeness (QED) is 0.675. The van der Waals surface area contributed by atoms with Gasteiger partial charge in [0.25, 0.3) is 11.9 Å². The van der Waals surface area contributed by atoms with E-state index in [1.54, 1.807) is 31.6 Å². The number of fused-ring (bicyclic) bond motifs is 1. The van der Waals surface area contributed by atoms with Gasteiger partial charge in [0.1, 0.15) is 0 Å². The summed E-state index contributed by atoms with van der Waals surface area (Å²) in [5.41, 5.74) is 2.11. The number of carbonyl (C=O) groups is 1. The average Bonchev–Trinajstić information content (AvgIpc) is 2.96. The first-order valence-electron chi connectivity index (χ1n) is 5.21. The molecule has 0 saturated heterocycles. The van der Waals surface area contributed by atoms with Gasteiger partial charge in [0.2, 0.25) is 0 Å². The van der Waals surface area contributed by atoms with Crippen molar-refractivity contribution in [2.24, 2.45) is 7.05 Å². The van der Waals surface area contributed by atoms with E-state index in [0.29, 0.717) is 5.56 Å². The van der Waals surface area contributed by atoms with Gasteiger partial charge in [-0.05, 0) is 23.4 Å². The number of aromatic nitrogens is 6. The Hall–Kier alpha value is -2.77. The summed E-state index contributed by atoms with van der Waals surface area (Å²) >= 11 is 0. The van der Waals surface area contributed by atoms with Crippen LogP contribution in [-0.4, -0.2) is 36.1 Å². The van der Waals surface area contributed by atoms with E-state index < -0.39 is 0 Å². The standard InChI is InChI=1S/C10H9N7O/c1-17-15-10(14-16-17)13-9(18)6-2-3-7-8(4-6)12-5-11-7/h2-5H,1H3,(H,11,12)(H,13,15,18). The maximum atomic E-state index is 11.9. The van der Waals surface area contributed by atoms with E-state index in [-0.39, 0.29) is 11.9 Å². The largest absolute Gasteiger partial charge is 0.345 e. The zero-order valence-corrected chi connectivity index (χ0v) is 9.45. The fraction of sp³-hybridized carbons (Fsp3) is 0.100. The molecule has 0 atom stereocenters. The molecule has 2 N–H and O–H groups in total. The van der Waals surface area contributed by atoms with E-state index in [1.165, 1.54) is 4.80 Å². The zero-order chi connectivity index (χ0) is 12.5. The van der Waals surface area contributed by atoms with Crippen LogP contribution < -0.4 is 5.32 Å². The van der Waals surface area contributed by atoms with E-state index in [9.17, 15) is 4.79 Å². The highest BCUT2D eigenvalue weighted by Gasteiger charge is 2.10. The van der Waals surface area contributed by atoms with Crippen molar-refractivity contribution in [1.82, 2.24) is 30.2 Å². The molecule has 0 bridgehead atoms. The lowest BCUT2D eigenvalue weighted by Gasteiger charge is -2.00. The molecule has 3 rings (SSSR count). The lowest BCUT2D eigenvalue weighted by Crippen LogP contribution is -2.13. The van der Waals surface area contributed by atoms with Gasteiger partial charge in [-0.25, -0.2) is 4.98 Å². The first-order valence-corrected chi connectivity index (χ1v) is 5.21. The fourth-order valence-electron chi connectivity index (χ4n) is 1.58. The van der Waals surface area contributed by atoms with E-state index in [4.69, 9.17) is 0 Å². The Balaban J connectivity index is 1.87. The molecule has 0 fully saturated rings. The molecule has 8 heteroatoms. The smallest absolute Gasteiger partial charge is 0.270 e. The van der Waals surface area contributed by atoms with E-state index in [1.807, 2.05) is 0 Å². The molecule has 0 saturated carbocycles. The molecule has 0 aliphatic heterocycles. The Kier molecular flexibility index (Phi) is 2.26. The number of amides is 1. The number of nitrogens with zero attached hydrogens (tertiary/aromatic N) is 5. The van der Waals surface area contributed by atoms with Crippen molar-refractivity contribution in [3.63, 3.8) is 0 Å². The Bertz CT molecular complexity index is 714. The van der Waals surface area contributed by atoms with Crippen LogP contribution in [0.1, 0.15) is 10.4 Å². The van der Waals surface area contributed by atoms with Crippen LogP contribution in [0.15, 0.2) is 24.5 Å². The van der Waals surface area contributed by atoms with Gasteiger partial charge in [-0.15, -0.1) is 5.10 Å². The van der Waals surface area contributed by atoms with Crippen LogP contribution in [0.2, 0.25) is 0 Å². The number of anilines is 1. The van der Waals surface area contributed by atoms with E-state index >= 15 is 0 Å². The van der Waals surface area contributed by atoms with Gasteiger partial charge in [-0.3, -0.25) is 10.1 Å². The molecule has 1 aromatic carbocycles. The minimum atomic E-state index is -0.292. The molecule has 0 radical (unpaired) electrons. The van der Waals surface area contributed by atoms with Gasteiger partial charge < -0.3 is 4.98 Å². The number of tetrazole rings is 1. The zero-order valence-electron chi connectivity index (χ0n) is 9.45. The summed E-state index contributed by atoms with van der Waals surface area (Å²) in [5.74, 6) is -0.119. The van der Waals surface area contributed by atoms with Crippen LogP contribution in [0, 0.1) is 0 Å². The number of aryl methyl sites for hydroxylation is 1. The molecule has 0 spiro atoms. The molecule has 3 aromatic rings. The third-order valence-electron chi connectivity index (χ3n) is 2.42. The van der Waals surface area contributed by atoms with E-state index in [2.05, 4.69) is 30.7 Å². The average molecular weight is 243 g/mol. The topological polar surface area (TPSA) is 101 Å². The number of hydrogen-bond donors (Lipinski definition) is 2. The van der Waals surface area contributed by atoms with Gasteiger partial charge >= 0.3 is 0 Å². The summed E-state index contributed by atoms with van der Waals surface area (Å²) in [6, 6.07) is 5.17. The summed E-state index contributed by atoms with van der Waals surface area (Å²) in [7, 11) is 1.62. The molecule has 90 valence electrons. The van der Waals surface area contributed by atoms with Crippen LogP contribution in [-0.2, 0) is 7.05 Å². The monoisotopic (exact) mass is 243 g/mol. The number of H-pyrrole nitrogens is 1. The van der Waals surface area contributed by atoms with Crippen molar-refractivity contribution in [3.8, 4) is 0 Å². The molecular weight excluding hydrogens is 234 g/mol. The molecular formula is C10H9N7O. The summed E-state index contributed by atoms with van der Waals surface area (Å²) < 4.78 is 0. The summed E-state index contributed by atoms with van der Waals surface area (Å²) in [6.45, 7) is 0. The van der Waals surface area contributed by atoms with Crippen LogP contribution >= 0.6 is 0 Å². The summed E-state index contributed by atoms with van der Waals surface area (Å²) in [5, 5.41) is 13.7. The molecule has 18 heavy (non-hydrogen) atoms. The lowest BCUT2D eigenvalue weighted by atomic mass is 10.2. The second-order valence-corrected chi connectivity index (χ2v) is 3.69. The second kappa shape index (κ2) is 3.91. The molecule has 0 unspecified atom stereocenters. The lowest BCUT2D eigenvalue weighted by molar-refractivity contribution is 0.102. The highest BCUT2D eigenvalue weighted by Crippen LogP contribution is 2.12. The van der Waals surface area contributed by atoms with Crippen molar-refractivity contribution in [2.75, 3.05) is 5.32 Å². The number of rotatable bonds is 2. The minimum Gasteiger partial charge on any atom is -0.345 e. The van der Waals surface area contributed by atoms with Gasteiger partial charge in [0.05, 0.1) is 24.4 Å². The highest BCUT2D eigenvalue weighted by atomic mass is 16.1. The van der Waals surface area contributed by atoms with Crippen LogP contribution in [0.5, 0.6) is 0 Å². The molecule has 2 aromatic heterocycles. The van der Waals surface area contributed by atoms with Crippen LogP contribution in [0.3, 0.4) is 0 Å². The normalized spacial score (nSPS) is 10.7. The summed E-state index contributed by atoms with van der Waals surface area (Å²) in [6.07, 6.45) is 1.58. The fourth-order valence-corrected chi connectivity index (χ4v) is 1.58. The Morgan fingerprint density at radius 2 is 2.33 bits per heavy atom. The number of imidazole rings is 1. The number of carbonyl (C=O) groups excluding carboxylic acids is 1. The SMILES string of the molecule is Cn1nnc(NC(=O)c2ccc3nc[nH]c3c2)n1. The predicted molar refractivity (Wildman–Crippen MR) is 62.8 cm³/mol. The highest BCUT2D eigenvalue weighted by molar-refractivity contribution is 6.04. The van der Waals surface area contributed by atoms with Gasteiger partial charge in [-0.1, -0.05) is 5.10 Å². The van der Waals surface area contributed by atoms with Crippen molar-refractivity contribution in [1.29, 1.82) is 0 Å². The number of nitrogens with one attached hydrogen (secondary N) is 2. The molecule has 1 amide bonds. The van der Waals surface area contributed by atoms with Crippen molar-refractivity contribution < 1.29 is 4.79 Å². The minimum absolute atomic E-state index is 0.173. The van der Waals surface area contributed by atoms with E-state index in [0.717, 1.165) is 11.0 Å². The van der Waals surface area contributed by atoms with Gasteiger partial charge in [0, 0.05) is 5.56 Å². The third kappa shape index (κ3) is 1.79. The summed E-state index contributed by atoms with van der Waals surface area (Å²) in [4.78, 5) is 20.2. The number of aromatic amines is 1. The molecule has 2 heterocycles. The van der Waals surface area contributed by atoms with Crippen LogP contribution in [0.4, 0.5) is 5.95 Å². The van der Waals surface area contributed by atoms with Gasteiger partial charge in [0.15, 0.2) is 0 Å². The second-order valence-electron chi connectivity index (χ2n) is 3.69. The first kappa shape index (κ1) is 10.4. The molecule has 8 nitrogen and oxygen atoms in total.